The Labute approximate surface area is 115 Å². The van der Waals surface area contributed by atoms with Gasteiger partial charge in [0, 0.05) is 5.92 Å². The van der Waals surface area contributed by atoms with Crippen molar-refractivity contribution < 1.29 is 19.1 Å². The molecule has 0 amide bonds. The van der Waals surface area contributed by atoms with Crippen molar-refractivity contribution in [1.29, 1.82) is 0 Å². The largest absolute Gasteiger partial charge is 0.462 e. The predicted molar refractivity (Wildman–Crippen MR) is 72.4 cm³/mol. The Morgan fingerprint density at radius 1 is 1.05 bits per heavy atom. The molecule has 4 heteroatoms. The highest BCUT2D eigenvalue weighted by molar-refractivity contribution is 5.95. The third kappa shape index (κ3) is 5.05. The van der Waals surface area contributed by atoms with E-state index in [0.29, 0.717) is 0 Å². The van der Waals surface area contributed by atoms with Gasteiger partial charge < -0.3 is 9.47 Å². The zero-order chi connectivity index (χ0) is 14.4. The Bertz CT molecular complexity index is 322. The first-order valence-corrected chi connectivity index (χ1v) is 6.99. The molecule has 0 aromatic carbocycles. The predicted octanol–water partition coefficient (Wildman–Crippen LogP) is 2.86. The van der Waals surface area contributed by atoms with E-state index in [1.165, 1.54) is 0 Å². The lowest BCUT2D eigenvalue weighted by Gasteiger charge is -2.25. The second-order valence-electron chi connectivity index (χ2n) is 5.47. The molecule has 1 atom stereocenters. The summed E-state index contributed by atoms with van der Waals surface area (Å²) in [5.74, 6) is -1.89. The maximum absolute atomic E-state index is 12.1. The number of hydrogen-bond donors (Lipinski definition) is 0. The summed E-state index contributed by atoms with van der Waals surface area (Å²) in [6.45, 7) is 7.11. The van der Waals surface area contributed by atoms with Gasteiger partial charge in [-0.1, -0.05) is 12.2 Å². The molecule has 1 aliphatic carbocycles. The lowest BCUT2D eigenvalue weighted by molar-refractivity contribution is -0.168. The molecule has 4 nitrogen and oxygen atoms in total. The van der Waals surface area contributed by atoms with E-state index in [9.17, 15) is 9.59 Å². The summed E-state index contributed by atoms with van der Waals surface area (Å²) in [5, 5.41) is 0. The molecule has 108 valence electrons. The van der Waals surface area contributed by atoms with Crippen molar-refractivity contribution >= 4 is 11.9 Å². The molecular weight excluding hydrogens is 244 g/mol. The van der Waals surface area contributed by atoms with Crippen LogP contribution >= 0.6 is 0 Å². The number of rotatable bonds is 5. The van der Waals surface area contributed by atoms with Gasteiger partial charge in [-0.05, 0) is 47.0 Å². The molecule has 0 saturated carbocycles. The molecular formula is C15H24O4. The summed E-state index contributed by atoms with van der Waals surface area (Å²) in [7, 11) is 0. The van der Waals surface area contributed by atoms with Crippen molar-refractivity contribution in [3.8, 4) is 0 Å². The molecule has 0 bridgehead atoms. The highest BCUT2D eigenvalue weighted by Crippen LogP contribution is 2.27. The average Bonchev–Trinajstić information content (AvgIpc) is 2.28. The Balaban J connectivity index is 2.83. The Morgan fingerprint density at radius 2 is 1.58 bits per heavy atom. The lowest BCUT2D eigenvalue weighted by atomic mass is 9.84. The van der Waals surface area contributed by atoms with Gasteiger partial charge in [0.15, 0.2) is 5.92 Å². The molecule has 0 fully saturated rings. The number of carbonyl (C=O) groups excluding carboxylic acids is 2. The van der Waals surface area contributed by atoms with Crippen LogP contribution in [0, 0.1) is 11.8 Å². The van der Waals surface area contributed by atoms with E-state index >= 15 is 0 Å². The molecule has 0 aliphatic heterocycles. The highest BCUT2D eigenvalue weighted by Gasteiger charge is 2.37. The van der Waals surface area contributed by atoms with Gasteiger partial charge in [0.1, 0.15) is 0 Å². The molecule has 0 saturated heterocycles. The lowest BCUT2D eigenvalue weighted by Crippen LogP contribution is -2.36. The number of carbonyl (C=O) groups is 2. The van der Waals surface area contributed by atoms with E-state index in [4.69, 9.17) is 9.47 Å². The standard InChI is InChI=1S/C15H24O4/c1-10(2)18-14(16)13(15(17)19-11(3)4)12-8-6-5-7-9-12/h6,8,10-13H,5,7,9H2,1-4H3. The summed E-state index contributed by atoms with van der Waals surface area (Å²) in [5.41, 5.74) is 0. The number of hydrogen-bond acceptors (Lipinski definition) is 4. The van der Waals surface area contributed by atoms with Gasteiger partial charge in [0.05, 0.1) is 12.2 Å². The van der Waals surface area contributed by atoms with Crippen LogP contribution in [0.2, 0.25) is 0 Å². The van der Waals surface area contributed by atoms with Crippen LogP contribution in [-0.2, 0) is 19.1 Å². The van der Waals surface area contributed by atoms with Crippen LogP contribution in [0.5, 0.6) is 0 Å². The fourth-order valence-corrected chi connectivity index (χ4v) is 2.17. The van der Waals surface area contributed by atoms with Crippen molar-refractivity contribution in [2.75, 3.05) is 0 Å². The first-order chi connectivity index (χ1) is 8.91. The molecule has 0 aromatic rings. The van der Waals surface area contributed by atoms with Gasteiger partial charge >= 0.3 is 11.9 Å². The minimum absolute atomic E-state index is 0.105. The molecule has 0 radical (unpaired) electrons. The summed E-state index contributed by atoms with van der Waals surface area (Å²) < 4.78 is 10.4. The quantitative estimate of drug-likeness (QED) is 0.437. The smallest absolute Gasteiger partial charge is 0.321 e. The summed E-state index contributed by atoms with van der Waals surface area (Å²) in [4.78, 5) is 24.2. The molecule has 1 rings (SSSR count). The Hall–Kier alpha value is -1.32. The summed E-state index contributed by atoms with van der Waals surface area (Å²) in [6, 6.07) is 0. The molecule has 1 unspecified atom stereocenters. The molecule has 0 spiro atoms. The SMILES string of the molecule is CC(C)OC(=O)C(C(=O)OC(C)C)C1C=CCCC1. The zero-order valence-electron chi connectivity index (χ0n) is 12.2. The zero-order valence-corrected chi connectivity index (χ0v) is 12.2. The van der Waals surface area contributed by atoms with Crippen LogP contribution in [0.1, 0.15) is 47.0 Å². The van der Waals surface area contributed by atoms with Gasteiger partial charge in [-0.15, -0.1) is 0 Å². The minimum atomic E-state index is -0.832. The van der Waals surface area contributed by atoms with Crippen molar-refractivity contribution in [2.45, 2.75) is 59.2 Å². The van der Waals surface area contributed by atoms with Crippen LogP contribution in [0.25, 0.3) is 0 Å². The second-order valence-corrected chi connectivity index (χ2v) is 5.47. The number of esters is 2. The van der Waals surface area contributed by atoms with Crippen LogP contribution < -0.4 is 0 Å². The highest BCUT2D eigenvalue weighted by atomic mass is 16.6. The molecule has 0 heterocycles. The molecule has 19 heavy (non-hydrogen) atoms. The molecule has 1 aliphatic rings. The van der Waals surface area contributed by atoms with E-state index in [2.05, 4.69) is 0 Å². The van der Waals surface area contributed by atoms with Crippen LogP contribution in [-0.4, -0.2) is 24.1 Å². The minimum Gasteiger partial charge on any atom is -0.462 e. The van der Waals surface area contributed by atoms with Gasteiger partial charge in [0.25, 0.3) is 0 Å². The number of ether oxygens (including phenoxy) is 2. The van der Waals surface area contributed by atoms with Crippen molar-refractivity contribution in [2.24, 2.45) is 11.8 Å². The van der Waals surface area contributed by atoms with Crippen molar-refractivity contribution in [3.63, 3.8) is 0 Å². The first-order valence-electron chi connectivity index (χ1n) is 6.99. The van der Waals surface area contributed by atoms with E-state index < -0.39 is 17.9 Å². The maximum Gasteiger partial charge on any atom is 0.321 e. The first kappa shape index (κ1) is 15.7. The molecule has 0 N–H and O–H groups in total. The average molecular weight is 268 g/mol. The summed E-state index contributed by atoms with van der Waals surface area (Å²) in [6.07, 6.45) is 6.32. The van der Waals surface area contributed by atoms with E-state index in [-0.39, 0.29) is 18.1 Å². The van der Waals surface area contributed by atoms with Crippen molar-refractivity contribution in [3.05, 3.63) is 12.2 Å². The van der Waals surface area contributed by atoms with E-state index in [0.717, 1.165) is 19.3 Å². The van der Waals surface area contributed by atoms with Crippen molar-refractivity contribution in [1.82, 2.24) is 0 Å². The van der Waals surface area contributed by atoms with Gasteiger partial charge in [-0.3, -0.25) is 9.59 Å². The summed E-state index contributed by atoms with van der Waals surface area (Å²) >= 11 is 0. The third-order valence-corrected chi connectivity index (χ3v) is 2.93. The van der Waals surface area contributed by atoms with Crippen LogP contribution in [0.3, 0.4) is 0 Å². The van der Waals surface area contributed by atoms with Crippen LogP contribution in [0.15, 0.2) is 12.2 Å². The normalized spacial score (nSPS) is 19.0. The van der Waals surface area contributed by atoms with Gasteiger partial charge in [-0.25, -0.2) is 0 Å². The Morgan fingerprint density at radius 3 is 1.95 bits per heavy atom. The van der Waals surface area contributed by atoms with Crippen LogP contribution in [0.4, 0.5) is 0 Å². The fraction of sp³-hybridized carbons (Fsp3) is 0.733. The molecule has 0 aromatic heterocycles. The Kier molecular flexibility index (Phi) is 6.06. The van der Waals surface area contributed by atoms with E-state index in [1.54, 1.807) is 27.7 Å². The monoisotopic (exact) mass is 268 g/mol. The van der Waals surface area contributed by atoms with Gasteiger partial charge in [0.2, 0.25) is 0 Å². The fourth-order valence-electron chi connectivity index (χ4n) is 2.17. The second kappa shape index (κ2) is 7.31. The van der Waals surface area contributed by atoms with E-state index in [1.807, 2.05) is 12.2 Å². The van der Waals surface area contributed by atoms with Gasteiger partial charge in [-0.2, -0.15) is 0 Å². The topological polar surface area (TPSA) is 52.6 Å². The number of allylic oxidation sites excluding steroid dienone is 2. The third-order valence-electron chi connectivity index (χ3n) is 2.93. The maximum atomic E-state index is 12.1.